The van der Waals surface area contributed by atoms with Gasteiger partial charge in [0.15, 0.2) is 0 Å². The van der Waals surface area contributed by atoms with Gasteiger partial charge in [-0.2, -0.15) is 0 Å². The second-order valence-electron chi connectivity index (χ2n) is 9.87. The minimum absolute atomic E-state index is 0.0535. The average Bonchev–Trinajstić information content (AvgIpc) is 3.46. The van der Waals surface area contributed by atoms with Crippen LogP contribution in [0.5, 0.6) is 0 Å². The number of ether oxygens (including phenoxy) is 1. The van der Waals surface area contributed by atoms with Crippen molar-refractivity contribution in [3.05, 3.63) is 65.8 Å². The van der Waals surface area contributed by atoms with Gasteiger partial charge >= 0.3 is 6.09 Å². The third-order valence-electron chi connectivity index (χ3n) is 6.03. The van der Waals surface area contributed by atoms with E-state index in [1.807, 2.05) is 45.0 Å². The molecule has 1 aliphatic heterocycles. The van der Waals surface area contributed by atoms with Crippen LogP contribution in [-0.4, -0.2) is 53.1 Å². The molecule has 5 rings (SSSR count). The number of pyridine rings is 1. The maximum atomic E-state index is 13.6. The van der Waals surface area contributed by atoms with Crippen LogP contribution in [0.3, 0.4) is 0 Å². The molecule has 4 aromatic rings. The molecule has 1 saturated heterocycles. The van der Waals surface area contributed by atoms with E-state index in [1.54, 1.807) is 29.3 Å². The molecule has 2 aromatic heterocycles. The van der Waals surface area contributed by atoms with Gasteiger partial charge in [0.25, 0.3) is 10.0 Å². The van der Waals surface area contributed by atoms with E-state index < -0.39 is 15.6 Å². The Morgan fingerprint density at radius 3 is 2.64 bits per heavy atom. The number of nitrogens with one attached hydrogen (secondary N) is 1. The Hall–Kier alpha value is -3.30. The SMILES string of the molecule is CC(C)(C)OC(=O)N1CCC(Nc2nc3ccccc3c3c2ccn3S(=O)(=O)c2cccc(Cl)c2)C1. The summed E-state index contributed by atoms with van der Waals surface area (Å²) < 4.78 is 34.0. The molecule has 1 fully saturated rings. The van der Waals surface area contributed by atoms with Crippen LogP contribution in [0.1, 0.15) is 27.2 Å². The largest absolute Gasteiger partial charge is 0.444 e. The number of rotatable bonds is 4. The summed E-state index contributed by atoms with van der Waals surface area (Å²) in [5.41, 5.74) is 0.632. The van der Waals surface area contributed by atoms with Crippen molar-refractivity contribution in [3.8, 4) is 0 Å². The highest BCUT2D eigenvalue weighted by molar-refractivity contribution is 7.90. The number of amides is 1. The molecule has 3 heterocycles. The van der Waals surface area contributed by atoms with E-state index in [2.05, 4.69) is 5.32 Å². The molecular formula is C26H27ClN4O4S. The van der Waals surface area contributed by atoms with Crippen LogP contribution < -0.4 is 5.32 Å². The lowest BCUT2D eigenvalue weighted by Gasteiger charge is -2.24. The lowest BCUT2D eigenvalue weighted by Crippen LogP contribution is -2.36. The van der Waals surface area contributed by atoms with E-state index in [0.717, 1.165) is 11.8 Å². The van der Waals surface area contributed by atoms with Gasteiger partial charge in [-0.1, -0.05) is 35.9 Å². The van der Waals surface area contributed by atoms with E-state index >= 15 is 0 Å². The van der Waals surface area contributed by atoms with Crippen molar-refractivity contribution in [3.63, 3.8) is 0 Å². The summed E-state index contributed by atoms with van der Waals surface area (Å²) in [5, 5.41) is 5.19. The number of anilines is 1. The maximum absolute atomic E-state index is 13.6. The van der Waals surface area contributed by atoms with Crippen LogP contribution in [0.2, 0.25) is 5.02 Å². The fourth-order valence-corrected chi connectivity index (χ4v) is 6.10. The summed E-state index contributed by atoms with van der Waals surface area (Å²) in [5.74, 6) is 0.569. The number of carbonyl (C=O) groups is 1. The average molecular weight is 527 g/mol. The number of hydrogen-bond acceptors (Lipinski definition) is 6. The van der Waals surface area contributed by atoms with Crippen LogP contribution in [0, 0.1) is 0 Å². The van der Waals surface area contributed by atoms with Gasteiger partial charge in [0.1, 0.15) is 11.4 Å². The molecule has 10 heteroatoms. The third kappa shape index (κ3) is 4.60. The minimum Gasteiger partial charge on any atom is -0.444 e. The number of aromatic nitrogens is 2. The first-order chi connectivity index (χ1) is 17.0. The summed E-state index contributed by atoms with van der Waals surface area (Å²) in [7, 11) is -3.91. The topological polar surface area (TPSA) is 93.5 Å². The first kappa shape index (κ1) is 24.4. The van der Waals surface area contributed by atoms with Crippen molar-refractivity contribution >= 4 is 55.3 Å². The Labute approximate surface area is 214 Å². The zero-order valence-electron chi connectivity index (χ0n) is 20.2. The van der Waals surface area contributed by atoms with Crippen molar-refractivity contribution in [2.45, 2.75) is 43.7 Å². The molecule has 0 bridgehead atoms. The summed E-state index contributed by atoms with van der Waals surface area (Å²) in [6.45, 7) is 6.55. The molecule has 1 unspecified atom stereocenters. The number of likely N-dealkylation sites (tertiary alicyclic amines) is 1. The quantitative estimate of drug-likeness (QED) is 0.377. The molecule has 8 nitrogen and oxygen atoms in total. The monoisotopic (exact) mass is 526 g/mol. The Morgan fingerprint density at radius 2 is 1.89 bits per heavy atom. The molecule has 1 aliphatic rings. The minimum atomic E-state index is -3.91. The first-order valence-electron chi connectivity index (χ1n) is 11.7. The lowest BCUT2D eigenvalue weighted by atomic mass is 10.1. The molecule has 0 spiro atoms. The predicted molar refractivity (Wildman–Crippen MR) is 141 cm³/mol. The second-order valence-corrected chi connectivity index (χ2v) is 12.1. The Bertz CT molecular complexity index is 1580. The van der Waals surface area contributed by atoms with Gasteiger partial charge < -0.3 is 15.0 Å². The molecule has 36 heavy (non-hydrogen) atoms. The van der Waals surface area contributed by atoms with Gasteiger partial charge in [-0.3, -0.25) is 0 Å². The number of fused-ring (bicyclic) bond motifs is 3. The number of benzene rings is 2. The molecule has 0 aliphatic carbocycles. The Balaban J connectivity index is 1.53. The second kappa shape index (κ2) is 8.97. The summed E-state index contributed by atoms with van der Waals surface area (Å²) in [4.78, 5) is 19.1. The fraction of sp³-hybridized carbons (Fsp3) is 0.308. The third-order valence-corrected chi connectivity index (χ3v) is 7.94. The number of hydrogen-bond donors (Lipinski definition) is 1. The van der Waals surface area contributed by atoms with Gasteiger partial charge in [-0.25, -0.2) is 22.2 Å². The van der Waals surface area contributed by atoms with Gasteiger partial charge in [-0.15, -0.1) is 0 Å². The highest BCUT2D eigenvalue weighted by Crippen LogP contribution is 2.34. The highest BCUT2D eigenvalue weighted by Gasteiger charge is 2.31. The smallest absolute Gasteiger partial charge is 0.410 e. The highest BCUT2D eigenvalue weighted by atomic mass is 35.5. The fourth-order valence-electron chi connectivity index (χ4n) is 4.44. The van der Waals surface area contributed by atoms with Gasteiger partial charge in [0, 0.05) is 41.1 Å². The lowest BCUT2D eigenvalue weighted by molar-refractivity contribution is 0.0293. The van der Waals surface area contributed by atoms with E-state index in [9.17, 15) is 13.2 Å². The number of nitrogens with zero attached hydrogens (tertiary/aromatic N) is 3. The van der Waals surface area contributed by atoms with E-state index in [4.69, 9.17) is 21.3 Å². The Morgan fingerprint density at radius 1 is 1.11 bits per heavy atom. The summed E-state index contributed by atoms with van der Waals surface area (Å²) in [6, 6.07) is 15.3. The van der Waals surface area contributed by atoms with Crippen molar-refractivity contribution in [1.29, 1.82) is 0 Å². The van der Waals surface area contributed by atoms with Crippen molar-refractivity contribution in [2.75, 3.05) is 18.4 Å². The van der Waals surface area contributed by atoms with Crippen molar-refractivity contribution in [1.82, 2.24) is 13.9 Å². The standard InChI is InChI=1S/C26H27ClN4O4S/c1-26(2,3)35-25(32)30-13-11-18(16-30)28-24-21-12-14-31(23(21)20-9-4-5-10-22(20)29-24)36(33,34)19-8-6-7-17(27)15-19/h4-10,12,14-15,18H,11,13,16H2,1-3H3,(H,28,29). The van der Waals surface area contributed by atoms with Crippen LogP contribution in [0.15, 0.2) is 65.7 Å². The van der Waals surface area contributed by atoms with Crippen molar-refractivity contribution < 1.29 is 17.9 Å². The molecule has 0 radical (unpaired) electrons. The molecule has 1 N–H and O–H groups in total. The van der Waals surface area contributed by atoms with Gasteiger partial charge in [0.05, 0.1) is 15.9 Å². The van der Waals surface area contributed by atoms with Crippen LogP contribution in [0.25, 0.3) is 21.8 Å². The number of para-hydroxylation sites is 1. The number of halogens is 1. The predicted octanol–water partition coefficient (Wildman–Crippen LogP) is 5.50. The van der Waals surface area contributed by atoms with E-state index in [-0.39, 0.29) is 17.0 Å². The van der Waals surface area contributed by atoms with Crippen LogP contribution >= 0.6 is 11.6 Å². The van der Waals surface area contributed by atoms with Crippen LogP contribution in [-0.2, 0) is 14.8 Å². The van der Waals surface area contributed by atoms with Crippen molar-refractivity contribution in [2.24, 2.45) is 0 Å². The molecule has 1 atom stereocenters. The Kier molecular flexibility index (Phi) is 6.08. The van der Waals surface area contributed by atoms with E-state index in [0.29, 0.717) is 40.3 Å². The molecule has 0 saturated carbocycles. The van der Waals surface area contributed by atoms with Gasteiger partial charge in [0.2, 0.25) is 0 Å². The van der Waals surface area contributed by atoms with E-state index in [1.165, 1.54) is 16.1 Å². The van der Waals surface area contributed by atoms with Gasteiger partial charge in [-0.05, 0) is 57.5 Å². The molecule has 188 valence electrons. The summed E-state index contributed by atoms with van der Waals surface area (Å²) in [6.07, 6.45) is 1.92. The molecular weight excluding hydrogens is 500 g/mol. The van der Waals surface area contributed by atoms with Crippen LogP contribution in [0.4, 0.5) is 10.6 Å². The summed E-state index contributed by atoms with van der Waals surface area (Å²) >= 11 is 6.08. The number of carbonyl (C=O) groups excluding carboxylic acids is 1. The normalized spacial score (nSPS) is 16.6. The molecule has 1 amide bonds. The molecule has 2 aromatic carbocycles. The zero-order chi connectivity index (χ0) is 25.7. The first-order valence-corrected chi connectivity index (χ1v) is 13.5. The zero-order valence-corrected chi connectivity index (χ0v) is 21.8. The maximum Gasteiger partial charge on any atom is 0.410 e.